The number of anilines is 1. The number of carbonyl (C=O) groups is 1. The van der Waals surface area contributed by atoms with Crippen LogP contribution in [0.15, 0.2) is 24.3 Å². The molecule has 96 valence electrons. The lowest BCUT2D eigenvalue weighted by atomic mass is 10.2. The van der Waals surface area contributed by atoms with Crippen LogP contribution in [0.1, 0.15) is 13.3 Å². The van der Waals surface area contributed by atoms with Crippen molar-refractivity contribution in [2.45, 2.75) is 19.4 Å². The maximum atomic E-state index is 12.0. The molecule has 0 aromatic heterocycles. The number of hydrogen-bond acceptors (Lipinski definition) is 4. The van der Waals surface area contributed by atoms with Crippen LogP contribution in [-0.2, 0) is 4.79 Å². The lowest BCUT2D eigenvalue weighted by Crippen LogP contribution is -2.38. The minimum atomic E-state index is -0.447. The Morgan fingerprint density at radius 3 is 2.67 bits per heavy atom. The molecule has 1 N–H and O–H groups in total. The lowest BCUT2D eigenvalue weighted by Gasteiger charge is -2.16. The van der Waals surface area contributed by atoms with Crippen molar-refractivity contribution in [1.29, 1.82) is 0 Å². The molecule has 1 aliphatic rings. The van der Waals surface area contributed by atoms with Gasteiger partial charge in [-0.1, -0.05) is 6.92 Å². The highest BCUT2D eigenvalue weighted by molar-refractivity contribution is 5.99. The number of amides is 1. The summed E-state index contributed by atoms with van der Waals surface area (Å²) in [5, 5.41) is 13.7. The third-order valence-corrected chi connectivity index (χ3v) is 3.03. The van der Waals surface area contributed by atoms with Gasteiger partial charge < -0.3 is 10.2 Å². The highest BCUT2D eigenvalue weighted by atomic mass is 16.6. The van der Waals surface area contributed by atoms with E-state index < -0.39 is 4.92 Å². The van der Waals surface area contributed by atoms with Crippen molar-refractivity contribution in [3.05, 3.63) is 34.4 Å². The molecule has 0 spiro atoms. The number of nitro groups is 1. The second-order valence-corrected chi connectivity index (χ2v) is 4.16. The molecule has 6 nitrogen and oxygen atoms in total. The predicted molar refractivity (Wildman–Crippen MR) is 67.5 cm³/mol. The maximum absolute atomic E-state index is 12.0. The average molecular weight is 249 g/mol. The number of hydrogen-bond donors (Lipinski definition) is 1. The van der Waals surface area contributed by atoms with Gasteiger partial charge in [0.2, 0.25) is 5.91 Å². The minimum Gasteiger partial charge on any atom is -0.311 e. The molecular weight excluding hydrogens is 234 g/mol. The monoisotopic (exact) mass is 249 g/mol. The molecule has 1 aromatic rings. The number of nitrogens with one attached hydrogen (secondary N) is 1. The summed E-state index contributed by atoms with van der Waals surface area (Å²) in [4.78, 5) is 23.8. The summed E-state index contributed by atoms with van der Waals surface area (Å²) in [7, 11) is 0. The summed E-state index contributed by atoms with van der Waals surface area (Å²) in [5.74, 6) is 0.0331. The summed E-state index contributed by atoms with van der Waals surface area (Å²) in [6, 6.07) is 5.94. The first-order valence-corrected chi connectivity index (χ1v) is 5.92. The third-order valence-electron chi connectivity index (χ3n) is 3.03. The van der Waals surface area contributed by atoms with Gasteiger partial charge in [-0.15, -0.1) is 0 Å². The van der Waals surface area contributed by atoms with E-state index in [4.69, 9.17) is 0 Å². The Balaban J connectivity index is 2.13. The van der Waals surface area contributed by atoms with Gasteiger partial charge in [0.1, 0.15) is 0 Å². The molecule has 1 unspecified atom stereocenters. The number of benzene rings is 1. The fraction of sp³-hybridized carbons (Fsp3) is 0.417. The fourth-order valence-corrected chi connectivity index (χ4v) is 2.13. The summed E-state index contributed by atoms with van der Waals surface area (Å²) in [5.41, 5.74) is 0.750. The largest absolute Gasteiger partial charge is 0.311 e. The van der Waals surface area contributed by atoms with Crippen molar-refractivity contribution in [2.24, 2.45) is 0 Å². The van der Waals surface area contributed by atoms with Crippen molar-refractivity contribution in [3.63, 3.8) is 0 Å². The molecule has 0 saturated carbocycles. The van der Waals surface area contributed by atoms with Crippen LogP contribution in [0.2, 0.25) is 0 Å². The van der Waals surface area contributed by atoms with E-state index in [1.165, 1.54) is 12.1 Å². The highest BCUT2D eigenvalue weighted by Gasteiger charge is 2.31. The summed E-state index contributed by atoms with van der Waals surface area (Å²) in [6.45, 7) is 3.36. The summed E-state index contributed by atoms with van der Waals surface area (Å²) in [6.07, 6.45) is 0.768. The van der Waals surface area contributed by atoms with Crippen LogP contribution in [0.5, 0.6) is 0 Å². The highest BCUT2D eigenvalue weighted by Crippen LogP contribution is 2.24. The van der Waals surface area contributed by atoms with E-state index >= 15 is 0 Å². The second-order valence-electron chi connectivity index (χ2n) is 4.16. The van der Waals surface area contributed by atoms with Gasteiger partial charge in [0, 0.05) is 24.4 Å². The number of non-ortho nitro benzene ring substituents is 1. The van der Waals surface area contributed by atoms with E-state index in [2.05, 4.69) is 5.32 Å². The smallest absolute Gasteiger partial charge is 0.269 e. The Morgan fingerprint density at radius 2 is 2.11 bits per heavy atom. The first-order chi connectivity index (χ1) is 8.63. The standard InChI is InChI=1S/C12H15N3O3/c1-2-13-11-7-8-14(12(11)16)9-3-5-10(6-4-9)15(17)18/h3-6,11,13H,2,7-8H2,1H3. The van der Waals surface area contributed by atoms with Gasteiger partial charge in [-0.05, 0) is 25.1 Å². The van der Waals surface area contributed by atoms with Crippen molar-refractivity contribution in [2.75, 3.05) is 18.0 Å². The summed E-state index contributed by atoms with van der Waals surface area (Å²) >= 11 is 0. The summed E-state index contributed by atoms with van der Waals surface area (Å²) < 4.78 is 0. The molecule has 0 radical (unpaired) electrons. The molecular formula is C12H15N3O3. The number of rotatable bonds is 4. The van der Waals surface area contributed by atoms with E-state index in [0.717, 1.165) is 13.0 Å². The molecule has 1 atom stereocenters. The van der Waals surface area contributed by atoms with E-state index in [1.807, 2.05) is 6.92 Å². The molecule has 1 aliphatic heterocycles. The molecule has 1 amide bonds. The Labute approximate surface area is 105 Å². The maximum Gasteiger partial charge on any atom is 0.269 e. The molecule has 1 heterocycles. The Bertz CT molecular complexity index is 458. The average Bonchev–Trinajstić information content (AvgIpc) is 2.72. The SMILES string of the molecule is CCNC1CCN(c2ccc([N+](=O)[O-])cc2)C1=O. The van der Waals surface area contributed by atoms with Gasteiger partial charge in [0.25, 0.3) is 5.69 Å². The molecule has 1 saturated heterocycles. The first kappa shape index (κ1) is 12.5. The van der Waals surface area contributed by atoms with Gasteiger partial charge in [-0.3, -0.25) is 14.9 Å². The van der Waals surface area contributed by atoms with Crippen molar-refractivity contribution < 1.29 is 9.72 Å². The zero-order valence-electron chi connectivity index (χ0n) is 10.1. The van der Waals surface area contributed by atoms with Crippen molar-refractivity contribution in [3.8, 4) is 0 Å². The van der Waals surface area contributed by atoms with E-state index in [9.17, 15) is 14.9 Å². The lowest BCUT2D eigenvalue weighted by molar-refractivity contribution is -0.384. The number of likely N-dealkylation sites (N-methyl/N-ethyl adjacent to an activating group) is 1. The van der Waals surface area contributed by atoms with Gasteiger partial charge in [-0.2, -0.15) is 0 Å². The first-order valence-electron chi connectivity index (χ1n) is 5.92. The van der Waals surface area contributed by atoms with E-state index in [-0.39, 0.29) is 17.6 Å². The van der Waals surface area contributed by atoms with Gasteiger partial charge in [0.05, 0.1) is 11.0 Å². The zero-order valence-corrected chi connectivity index (χ0v) is 10.1. The predicted octanol–water partition coefficient (Wildman–Crippen LogP) is 1.31. The number of nitro benzene ring substituents is 1. The van der Waals surface area contributed by atoms with Gasteiger partial charge >= 0.3 is 0 Å². The van der Waals surface area contributed by atoms with Crippen LogP contribution in [0.25, 0.3) is 0 Å². The fourth-order valence-electron chi connectivity index (χ4n) is 2.13. The molecule has 0 aliphatic carbocycles. The van der Waals surface area contributed by atoms with Crippen molar-refractivity contribution >= 4 is 17.3 Å². The number of nitrogens with zero attached hydrogens (tertiary/aromatic N) is 2. The zero-order chi connectivity index (χ0) is 13.1. The third kappa shape index (κ3) is 2.33. The number of carbonyl (C=O) groups excluding carboxylic acids is 1. The van der Waals surface area contributed by atoms with Gasteiger partial charge in [0.15, 0.2) is 0 Å². The second kappa shape index (κ2) is 5.14. The van der Waals surface area contributed by atoms with Crippen LogP contribution in [0.3, 0.4) is 0 Å². The van der Waals surface area contributed by atoms with Crippen LogP contribution in [0, 0.1) is 10.1 Å². The Kier molecular flexibility index (Phi) is 3.57. The molecule has 2 rings (SSSR count). The Hall–Kier alpha value is -1.95. The Morgan fingerprint density at radius 1 is 1.44 bits per heavy atom. The van der Waals surface area contributed by atoms with Crippen LogP contribution in [0.4, 0.5) is 11.4 Å². The molecule has 0 bridgehead atoms. The molecule has 1 aromatic carbocycles. The van der Waals surface area contributed by atoms with Crippen molar-refractivity contribution in [1.82, 2.24) is 5.32 Å². The van der Waals surface area contributed by atoms with Gasteiger partial charge in [-0.25, -0.2) is 0 Å². The molecule has 6 heteroatoms. The normalized spacial score (nSPS) is 19.3. The minimum absolute atomic E-state index is 0.0331. The van der Waals surface area contributed by atoms with Crippen LogP contribution >= 0.6 is 0 Å². The quantitative estimate of drug-likeness (QED) is 0.644. The van der Waals surface area contributed by atoms with Crippen LogP contribution < -0.4 is 10.2 Å². The molecule has 1 fully saturated rings. The van der Waals surface area contributed by atoms with E-state index in [0.29, 0.717) is 12.2 Å². The van der Waals surface area contributed by atoms with E-state index in [1.54, 1.807) is 17.0 Å². The molecule has 18 heavy (non-hydrogen) atoms. The van der Waals surface area contributed by atoms with Crippen LogP contribution in [-0.4, -0.2) is 30.0 Å². The topological polar surface area (TPSA) is 75.5 Å².